The number of aliphatic hydroxyl groups is 4. The molecule has 0 saturated carbocycles. The summed E-state index contributed by atoms with van der Waals surface area (Å²) in [5.41, 5.74) is 1.20. The van der Waals surface area contributed by atoms with Crippen LogP contribution in [0.3, 0.4) is 0 Å². The molecule has 0 spiro atoms. The fourth-order valence-corrected chi connectivity index (χ4v) is 9.95. The number of cyclic esters (lactones) is 1. The molecule has 2 aromatic carbocycles. The third kappa shape index (κ3) is 19.0. The summed E-state index contributed by atoms with van der Waals surface area (Å²) in [7, 11) is 1.23. The second kappa shape index (κ2) is 31.1. The average molecular weight is 1230 g/mol. The number of aromatic hydroxyl groups is 2. The van der Waals surface area contributed by atoms with Gasteiger partial charge in [-0.25, -0.2) is 4.79 Å². The molecule has 2 saturated heterocycles. The molecule has 0 aliphatic carbocycles. The third-order valence-electron chi connectivity index (χ3n) is 14.4. The molecule has 2 bridgehead atoms. The number of amides is 9. The monoisotopic (exact) mass is 1230 g/mol. The zero-order chi connectivity index (χ0) is 62.3. The van der Waals surface area contributed by atoms with Crippen LogP contribution in [0, 0.1) is 17.8 Å². The quantitative estimate of drug-likeness (QED) is 0.0708. The minimum absolute atomic E-state index is 0.00216. The van der Waals surface area contributed by atoms with Gasteiger partial charge in [-0.15, -0.1) is 0 Å². The van der Waals surface area contributed by atoms with Crippen LogP contribution < -0.4 is 37.2 Å². The summed E-state index contributed by atoms with van der Waals surface area (Å²) in [5, 5.41) is 79.7. The van der Waals surface area contributed by atoms with Gasteiger partial charge in [0.05, 0.1) is 17.2 Å². The summed E-state index contributed by atoms with van der Waals surface area (Å²) >= 11 is 3.25. The predicted octanol–water partition coefficient (Wildman–Crippen LogP) is -0.987. The van der Waals surface area contributed by atoms with Crippen LogP contribution in [0.25, 0.3) is 0 Å². The topological polar surface area (TPSA) is 392 Å². The Morgan fingerprint density at radius 1 is 0.771 bits per heavy atom. The van der Waals surface area contributed by atoms with Gasteiger partial charge < -0.3 is 82.4 Å². The number of nitrogens with one attached hydrogen (secondary N) is 7. The third-order valence-corrected chi connectivity index (χ3v) is 15.0. The smallest absolute Gasteiger partial charge is 0.329 e. The fraction of sp³-hybridized carbons (Fsp3) is 0.607. The van der Waals surface area contributed by atoms with E-state index in [2.05, 4.69) is 53.1 Å². The van der Waals surface area contributed by atoms with Crippen LogP contribution in [-0.4, -0.2) is 192 Å². The Balaban J connectivity index is 1.72. The summed E-state index contributed by atoms with van der Waals surface area (Å²) < 4.78 is 6.14. The first kappa shape index (κ1) is 68.6. The van der Waals surface area contributed by atoms with Crippen molar-refractivity contribution in [2.45, 2.75) is 186 Å². The highest BCUT2D eigenvalue weighted by molar-refractivity contribution is 9.10. The number of carbonyl (C=O) groups is 10. The lowest BCUT2D eigenvalue weighted by atomic mass is 9.96. The number of aryl methyl sites for hydroxylation is 1. The molecule has 2 aromatic rings. The number of aliphatic hydroxyl groups excluding tert-OH is 4. The highest BCUT2D eigenvalue weighted by atomic mass is 79.9. The van der Waals surface area contributed by atoms with Crippen LogP contribution in [0.4, 0.5) is 0 Å². The SMILES string of the molecule is CC(C)C[C@@H]1NC(=O)[C@@H](NC(=O)[C@@H](NC(=O)[C@H](C)NC(=O)[C@H](CCCc2ccc(O)cc2)NC(=O)[C@H](O)CO)C(C)C)[C@H](C)OC(=O)[C@H](C(C)C)NC(=O)[C@H](Cc2ccc(O)c(Br)c2)N(C)C(=O)[C@@H]([C@@H](C)O)N2C(=O)[C@H](CC[C@H]2O)NC1=O. The van der Waals surface area contributed by atoms with Crippen LogP contribution >= 0.6 is 15.9 Å². The fourth-order valence-electron chi connectivity index (χ4n) is 9.52. The second-order valence-corrected chi connectivity index (χ2v) is 23.2. The number of ether oxygens (including phenoxy) is 1. The normalized spacial score (nSPS) is 24.2. The van der Waals surface area contributed by atoms with E-state index in [9.17, 15) is 78.6 Å². The number of esters is 1. The number of benzene rings is 2. The molecular weight excluding hydrogens is 1150 g/mol. The van der Waals surface area contributed by atoms with Gasteiger partial charge in [-0.3, -0.25) is 43.2 Å². The number of carbonyl (C=O) groups excluding carboxylic acids is 10. The number of hydrogen-bond acceptors (Lipinski definition) is 17. The van der Waals surface area contributed by atoms with Gasteiger partial charge >= 0.3 is 5.97 Å². The Labute approximate surface area is 490 Å². The first-order chi connectivity index (χ1) is 38.9. The molecule has 2 fully saturated rings. The second-order valence-electron chi connectivity index (χ2n) is 22.3. The summed E-state index contributed by atoms with van der Waals surface area (Å²) in [6, 6.07) is -3.15. The van der Waals surface area contributed by atoms with E-state index >= 15 is 0 Å². The van der Waals surface area contributed by atoms with Crippen molar-refractivity contribution in [3.63, 3.8) is 0 Å². The lowest BCUT2D eigenvalue weighted by Crippen LogP contribution is -2.67. The number of fused-ring (bicyclic) bond motifs is 2. The summed E-state index contributed by atoms with van der Waals surface area (Å²) in [4.78, 5) is 144. The first-order valence-electron chi connectivity index (χ1n) is 27.7. The lowest BCUT2D eigenvalue weighted by molar-refractivity contribution is -0.170. The molecular formula is C56H82BrN9O17. The van der Waals surface area contributed by atoms with Gasteiger partial charge in [0, 0.05) is 13.5 Å². The van der Waals surface area contributed by atoms with Gasteiger partial charge in [-0.05, 0) is 128 Å². The van der Waals surface area contributed by atoms with E-state index < -0.39 is 156 Å². The summed E-state index contributed by atoms with van der Waals surface area (Å²) in [6.07, 6.45) is -6.75. The maximum absolute atomic E-state index is 14.7. The highest BCUT2D eigenvalue weighted by Gasteiger charge is 2.47. The summed E-state index contributed by atoms with van der Waals surface area (Å²) in [6.45, 7) is 12.5. The number of phenolic OH excluding ortho intramolecular Hbond substituents is 2. The molecule has 0 unspecified atom stereocenters. The van der Waals surface area contributed by atoms with E-state index in [1.54, 1.807) is 53.7 Å². The number of likely N-dealkylation sites (N-methyl/N-ethyl adjacent to an activating group) is 1. The number of halogens is 1. The molecule has 2 heterocycles. The maximum atomic E-state index is 14.7. The van der Waals surface area contributed by atoms with E-state index in [0.717, 1.165) is 15.4 Å². The minimum atomic E-state index is -1.86. The van der Waals surface area contributed by atoms with Crippen molar-refractivity contribution in [2.24, 2.45) is 17.8 Å². The lowest BCUT2D eigenvalue weighted by Gasteiger charge is -2.43. The van der Waals surface area contributed by atoms with Crippen molar-refractivity contribution >= 4 is 75.1 Å². The standard InChI is InChI=1S/C56H82BrN9O17/c1-26(2)22-38-49(75)60-37-19-21-42(72)66(54(37)80)46(30(8)68)55(81)65(10)39(24-33-16-20-40(70)35(57)23-33)50(76)63-44(28(5)6)56(82)83-31(9)45(53(79)61-38)64-52(78)43(27(3)4)62-47(73)29(7)58-48(74)36(59-51(77)41(71)25-67)13-11-12-32-14-17-34(69)18-15-32/h14-18,20,23,26-31,36-39,41-46,67-72H,11-13,19,21-22,24-25H2,1-10H3,(H,58,74)(H,59,77)(H,60,75)(H,61,79)(H,62,73)(H,63,76)(H,64,78)/t29-,30+,31-,36-,37-,38-,39-,41+,42+,43-,44-,45-,46+/m0/s1. The number of piperidine rings is 1. The molecule has 2 aliphatic rings. The molecule has 0 radical (unpaired) electrons. The average Bonchev–Trinajstić information content (AvgIpc) is 3.51. The van der Waals surface area contributed by atoms with Gasteiger partial charge in [-0.1, -0.05) is 59.7 Å². The van der Waals surface area contributed by atoms with E-state index in [0.29, 0.717) is 18.4 Å². The molecule has 0 aromatic heterocycles. The molecule has 9 amide bonds. The van der Waals surface area contributed by atoms with Gasteiger partial charge in [0.1, 0.15) is 78.2 Å². The van der Waals surface area contributed by atoms with E-state index in [-0.39, 0.29) is 54.0 Å². The van der Waals surface area contributed by atoms with Crippen LogP contribution in [0.15, 0.2) is 46.9 Å². The van der Waals surface area contributed by atoms with Crippen LogP contribution in [0.1, 0.15) is 106 Å². The maximum Gasteiger partial charge on any atom is 0.329 e. The van der Waals surface area contributed by atoms with Crippen LogP contribution in [0.2, 0.25) is 0 Å². The van der Waals surface area contributed by atoms with Gasteiger partial charge in [0.15, 0.2) is 6.10 Å². The molecule has 83 heavy (non-hydrogen) atoms. The van der Waals surface area contributed by atoms with Crippen molar-refractivity contribution in [2.75, 3.05) is 13.7 Å². The molecule has 13 N–H and O–H groups in total. The van der Waals surface area contributed by atoms with Crippen LogP contribution in [0.5, 0.6) is 11.5 Å². The molecule has 2 aliphatic heterocycles. The number of hydrogen-bond donors (Lipinski definition) is 13. The Morgan fingerprint density at radius 3 is 1.99 bits per heavy atom. The van der Waals surface area contributed by atoms with Crippen molar-refractivity contribution in [1.29, 1.82) is 0 Å². The van der Waals surface area contributed by atoms with E-state index in [4.69, 9.17) is 4.74 Å². The Kier molecular flexibility index (Phi) is 25.7. The predicted molar refractivity (Wildman–Crippen MR) is 302 cm³/mol. The molecule has 460 valence electrons. The molecule has 4 rings (SSSR count). The molecule has 26 nitrogen and oxygen atoms in total. The van der Waals surface area contributed by atoms with Gasteiger partial charge in [0.2, 0.25) is 47.3 Å². The van der Waals surface area contributed by atoms with E-state index in [1.165, 1.54) is 58.2 Å². The van der Waals surface area contributed by atoms with Crippen molar-refractivity contribution in [1.82, 2.24) is 47.0 Å². The van der Waals surface area contributed by atoms with Crippen molar-refractivity contribution in [3.05, 3.63) is 58.1 Å². The van der Waals surface area contributed by atoms with Crippen LogP contribution in [-0.2, 0) is 65.5 Å². The zero-order valence-electron chi connectivity index (χ0n) is 48.4. The molecule has 13 atom stereocenters. The largest absolute Gasteiger partial charge is 0.508 e. The number of rotatable bonds is 20. The Morgan fingerprint density at radius 2 is 1.41 bits per heavy atom. The number of phenols is 2. The molecule has 27 heteroatoms. The minimum Gasteiger partial charge on any atom is -0.508 e. The first-order valence-corrected chi connectivity index (χ1v) is 28.5. The van der Waals surface area contributed by atoms with Gasteiger partial charge in [0.25, 0.3) is 5.91 Å². The van der Waals surface area contributed by atoms with Crippen molar-refractivity contribution in [3.8, 4) is 11.5 Å². The van der Waals surface area contributed by atoms with E-state index in [1.807, 2.05) is 0 Å². The highest BCUT2D eigenvalue weighted by Crippen LogP contribution is 2.28. The van der Waals surface area contributed by atoms with Gasteiger partial charge in [-0.2, -0.15) is 0 Å². The Bertz CT molecular complexity index is 2640. The zero-order valence-corrected chi connectivity index (χ0v) is 50.0. The van der Waals surface area contributed by atoms with Crippen molar-refractivity contribution < 1.29 is 83.3 Å². The number of nitrogens with zero attached hydrogens (tertiary/aromatic N) is 2. The summed E-state index contributed by atoms with van der Waals surface area (Å²) in [5.74, 6) is -11.7. The Hall–Kier alpha value is -6.94.